The Morgan fingerprint density at radius 1 is 1.09 bits per heavy atom. The second kappa shape index (κ2) is 11.1. The number of ether oxygens (including phenoxy) is 2. The predicted octanol–water partition coefficient (Wildman–Crippen LogP) is 2.71. The zero-order valence-corrected chi connectivity index (χ0v) is 19.2. The van der Waals surface area contributed by atoms with Crippen LogP contribution in [0.5, 0.6) is 11.5 Å². The molecule has 1 fully saturated rings. The smallest absolute Gasteiger partial charge is 0.280 e. The summed E-state index contributed by atoms with van der Waals surface area (Å²) in [5.74, 6) is 0.0984. The molecule has 2 aromatic rings. The Hall–Kier alpha value is -2.98. The number of carbonyl (C=O) groups is 3. The second-order valence-electron chi connectivity index (χ2n) is 6.71. The number of nitrogens with zero attached hydrogens (tertiary/aromatic N) is 3. The van der Waals surface area contributed by atoms with Gasteiger partial charge < -0.3 is 14.8 Å². The summed E-state index contributed by atoms with van der Waals surface area (Å²) in [6, 6.07) is 8.36. The van der Waals surface area contributed by atoms with Gasteiger partial charge in [-0.3, -0.25) is 19.4 Å². The molecule has 3 amide bonds. The molecule has 0 unspecified atom stereocenters. The number of aromatic nitrogens is 1. The van der Waals surface area contributed by atoms with E-state index in [0.29, 0.717) is 31.1 Å². The number of hydrazine groups is 1. The number of pyridine rings is 1. The first-order chi connectivity index (χ1) is 15.5. The van der Waals surface area contributed by atoms with Crippen LogP contribution in [0.15, 0.2) is 36.5 Å². The molecule has 1 saturated heterocycles. The molecular formula is C21H23ClN4O5S. The Labute approximate surface area is 195 Å². The Morgan fingerprint density at radius 3 is 2.56 bits per heavy atom. The van der Waals surface area contributed by atoms with Crippen molar-refractivity contribution in [2.75, 3.05) is 44.1 Å². The lowest BCUT2D eigenvalue weighted by Crippen LogP contribution is -2.45. The van der Waals surface area contributed by atoms with Gasteiger partial charge >= 0.3 is 0 Å². The lowest BCUT2D eigenvalue weighted by atomic mass is 10.1. The molecule has 9 nitrogen and oxygen atoms in total. The maximum absolute atomic E-state index is 13.3. The summed E-state index contributed by atoms with van der Waals surface area (Å²) >= 11 is 7.35. The minimum Gasteiger partial charge on any atom is -0.496 e. The Kier molecular flexibility index (Phi) is 8.18. The number of amides is 3. The van der Waals surface area contributed by atoms with Crippen LogP contribution >= 0.6 is 23.4 Å². The van der Waals surface area contributed by atoms with E-state index >= 15 is 0 Å². The SMILES string of the molecule is COc1ccc(Cl)c(OC)c1C(=O)N1CCCN1C(=O)CSCC(=O)Nc1ccccn1. The van der Waals surface area contributed by atoms with E-state index in [4.69, 9.17) is 21.1 Å². The van der Waals surface area contributed by atoms with Gasteiger partial charge in [-0.15, -0.1) is 11.8 Å². The Balaban J connectivity index is 1.63. The quantitative estimate of drug-likeness (QED) is 0.622. The van der Waals surface area contributed by atoms with Crippen LogP contribution in [0, 0.1) is 0 Å². The number of hydrogen-bond acceptors (Lipinski definition) is 7. The monoisotopic (exact) mass is 478 g/mol. The van der Waals surface area contributed by atoms with E-state index in [1.165, 1.54) is 24.2 Å². The standard InChI is InChI=1S/C21H23ClN4O5S/c1-30-15-8-7-14(22)20(31-2)19(15)21(29)26-11-5-10-25(26)18(28)13-32-12-17(27)24-16-6-3-4-9-23-16/h3-4,6-9H,5,10-13H2,1-2H3,(H,23,24,27). The fourth-order valence-electron chi connectivity index (χ4n) is 3.24. The molecule has 1 aromatic heterocycles. The van der Waals surface area contributed by atoms with Crippen LogP contribution in [-0.2, 0) is 9.59 Å². The molecule has 0 bridgehead atoms. The normalized spacial score (nSPS) is 13.1. The predicted molar refractivity (Wildman–Crippen MR) is 122 cm³/mol. The minimum atomic E-state index is -0.440. The van der Waals surface area contributed by atoms with E-state index in [1.54, 1.807) is 36.5 Å². The van der Waals surface area contributed by atoms with E-state index in [1.807, 2.05) is 0 Å². The minimum absolute atomic E-state index is 0.0449. The van der Waals surface area contributed by atoms with Crippen LogP contribution in [0.3, 0.4) is 0 Å². The average molecular weight is 479 g/mol. The van der Waals surface area contributed by atoms with Crippen LogP contribution in [-0.4, -0.2) is 71.5 Å². The van der Waals surface area contributed by atoms with E-state index < -0.39 is 5.91 Å². The highest BCUT2D eigenvalue weighted by atomic mass is 35.5. The third-order valence-corrected chi connectivity index (χ3v) is 5.87. The van der Waals surface area contributed by atoms with Gasteiger partial charge in [0.1, 0.15) is 17.1 Å². The molecular weight excluding hydrogens is 456 g/mol. The number of rotatable bonds is 8. The zero-order chi connectivity index (χ0) is 23.1. The topological polar surface area (TPSA) is 101 Å². The molecule has 0 radical (unpaired) electrons. The van der Waals surface area contributed by atoms with Crippen molar-refractivity contribution in [3.05, 3.63) is 47.1 Å². The van der Waals surface area contributed by atoms with Gasteiger partial charge in [0.2, 0.25) is 5.91 Å². The van der Waals surface area contributed by atoms with Crippen LogP contribution in [0.1, 0.15) is 16.8 Å². The fourth-order valence-corrected chi connectivity index (χ4v) is 4.16. The number of thioether (sulfide) groups is 1. The fraction of sp³-hybridized carbons (Fsp3) is 0.333. The first kappa shape index (κ1) is 23.7. The second-order valence-corrected chi connectivity index (χ2v) is 8.11. The number of benzene rings is 1. The van der Waals surface area contributed by atoms with Gasteiger partial charge in [-0.2, -0.15) is 0 Å². The molecule has 1 N–H and O–H groups in total. The van der Waals surface area contributed by atoms with Crippen LogP contribution in [0.4, 0.5) is 5.82 Å². The highest BCUT2D eigenvalue weighted by molar-refractivity contribution is 8.00. The molecule has 32 heavy (non-hydrogen) atoms. The Morgan fingerprint density at radius 2 is 1.88 bits per heavy atom. The van der Waals surface area contributed by atoms with Gasteiger partial charge in [-0.25, -0.2) is 9.99 Å². The van der Waals surface area contributed by atoms with Gasteiger partial charge in [-0.1, -0.05) is 17.7 Å². The summed E-state index contributed by atoms with van der Waals surface area (Å²) in [5.41, 5.74) is 0.157. The average Bonchev–Trinajstić information content (AvgIpc) is 3.29. The van der Waals surface area contributed by atoms with Crippen LogP contribution in [0.2, 0.25) is 5.02 Å². The summed E-state index contributed by atoms with van der Waals surface area (Å²) in [6.45, 7) is 0.769. The Bertz CT molecular complexity index is 992. The van der Waals surface area contributed by atoms with Gasteiger partial charge in [0.05, 0.1) is 30.7 Å². The van der Waals surface area contributed by atoms with Gasteiger partial charge in [0, 0.05) is 19.3 Å². The van der Waals surface area contributed by atoms with E-state index in [0.717, 1.165) is 11.8 Å². The number of methoxy groups -OCH3 is 2. The summed E-state index contributed by atoms with van der Waals surface area (Å²) in [7, 11) is 2.86. The van der Waals surface area contributed by atoms with Crippen molar-refractivity contribution >= 4 is 46.9 Å². The molecule has 11 heteroatoms. The maximum atomic E-state index is 13.3. The van der Waals surface area contributed by atoms with Gasteiger partial charge in [0.25, 0.3) is 11.8 Å². The first-order valence-electron chi connectivity index (χ1n) is 9.77. The van der Waals surface area contributed by atoms with Crippen LogP contribution in [0.25, 0.3) is 0 Å². The number of hydrogen-bond donors (Lipinski definition) is 1. The first-order valence-corrected chi connectivity index (χ1v) is 11.3. The van der Waals surface area contributed by atoms with Crippen molar-refractivity contribution < 1.29 is 23.9 Å². The van der Waals surface area contributed by atoms with E-state index in [2.05, 4.69) is 10.3 Å². The molecule has 2 heterocycles. The third-order valence-electron chi connectivity index (χ3n) is 4.65. The molecule has 0 aliphatic carbocycles. The lowest BCUT2D eigenvalue weighted by Gasteiger charge is -2.29. The number of halogens is 1. The maximum Gasteiger partial charge on any atom is 0.280 e. The highest BCUT2D eigenvalue weighted by Crippen LogP contribution is 2.37. The molecule has 0 spiro atoms. The lowest BCUT2D eigenvalue weighted by molar-refractivity contribution is -0.137. The van der Waals surface area contributed by atoms with E-state index in [9.17, 15) is 14.4 Å². The van der Waals surface area contributed by atoms with Crippen molar-refractivity contribution in [1.82, 2.24) is 15.0 Å². The number of nitrogens with one attached hydrogen (secondary N) is 1. The number of anilines is 1. The molecule has 0 atom stereocenters. The van der Waals surface area contributed by atoms with Gasteiger partial charge in [0.15, 0.2) is 5.75 Å². The molecule has 1 aliphatic heterocycles. The summed E-state index contributed by atoms with van der Waals surface area (Å²) in [6.07, 6.45) is 2.21. The highest BCUT2D eigenvalue weighted by Gasteiger charge is 2.34. The van der Waals surface area contributed by atoms with Crippen molar-refractivity contribution in [2.45, 2.75) is 6.42 Å². The molecule has 3 rings (SSSR count). The van der Waals surface area contributed by atoms with Crippen molar-refractivity contribution in [3.8, 4) is 11.5 Å². The molecule has 0 saturated carbocycles. The largest absolute Gasteiger partial charge is 0.496 e. The summed E-state index contributed by atoms with van der Waals surface area (Å²) in [4.78, 5) is 42.2. The summed E-state index contributed by atoms with van der Waals surface area (Å²) < 4.78 is 10.6. The molecule has 1 aromatic carbocycles. The zero-order valence-electron chi connectivity index (χ0n) is 17.7. The third kappa shape index (κ3) is 5.43. The number of carbonyl (C=O) groups excluding carboxylic acids is 3. The van der Waals surface area contributed by atoms with E-state index in [-0.39, 0.29) is 39.7 Å². The molecule has 1 aliphatic rings. The van der Waals surface area contributed by atoms with Crippen molar-refractivity contribution in [3.63, 3.8) is 0 Å². The van der Waals surface area contributed by atoms with Crippen molar-refractivity contribution in [2.24, 2.45) is 0 Å². The van der Waals surface area contributed by atoms with Crippen molar-refractivity contribution in [1.29, 1.82) is 0 Å². The van der Waals surface area contributed by atoms with Gasteiger partial charge in [-0.05, 0) is 30.7 Å². The van der Waals surface area contributed by atoms with Crippen LogP contribution < -0.4 is 14.8 Å². The molecule has 170 valence electrons. The summed E-state index contributed by atoms with van der Waals surface area (Å²) in [5, 5.41) is 5.69.